The Labute approximate surface area is 91.1 Å². The van der Waals surface area contributed by atoms with E-state index in [-0.39, 0.29) is 5.69 Å². The van der Waals surface area contributed by atoms with Crippen LogP contribution in [0.4, 0.5) is 0 Å². The van der Waals surface area contributed by atoms with E-state index in [4.69, 9.17) is 0 Å². The number of hydrogen-bond donors (Lipinski definition) is 2. The number of benzene rings is 1. The second-order valence-electron chi connectivity index (χ2n) is 3.10. The fourth-order valence-corrected chi connectivity index (χ4v) is 2.07. The van der Waals surface area contributed by atoms with Crippen molar-refractivity contribution < 1.29 is 0 Å². The van der Waals surface area contributed by atoms with E-state index in [0.29, 0.717) is 11.6 Å². The Hall–Kier alpha value is -1.49. The molecular weight excluding hydrogens is 210 g/mol. The van der Waals surface area contributed by atoms with Crippen LogP contribution in [0.1, 0.15) is 11.4 Å². The number of nitrogens with zero attached hydrogens (tertiary/aromatic N) is 1. The zero-order valence-electron chi connectivity index (χ0n) is 8.06. The number of H-pyrrole nitrogens is 2. The summed E-state index contributed by atoms with van der Waals surface area (Å²) in [4.78, 5) is 13.4. The Morgan fingerprint density at radius 3 is 2.67 bits per heavy atom. The van der Waals surface area contributed by atoms with Gasteiger partial charge in [-0.3, -0.25) is 4.98 Å². The lowest BCUT2D eigenvalue weighted by Gasteiger charge is -1.98. The largest absolute Gasteiger partial charge is 0.340 e. The standard InChI is InChI=1S/C10H11N3OS/c14-10-11-9(12-13-10)7-15-6-8-4-2-1-3-5-8/h1-5H,6-7H2,(H2,11,12,13,14). The Kier molecular flexibility index (Phi) is 3.24. The van der Waals surface area contributed by atoms with Gasteiger partial charge in [0.1, 0.15) is 5.82 Å². The molecule has 5 heteroatoms. The van der Waals surface area contributed by atoms with Gasteiger partial charge in [0, 0.05) is 5.75 Å². The fraction of sp³-hybridized carbons (Fsp3) is 0.200. The molecular formula is C10H11N3OS. The molecule has 0 spiro atoms. The molecule has 0 bridgehead atoms. The lowest BCUT2D eigenvalue weighted by Crippen LogP contribution is -2.00. The molecule has 4 nitrogen and oxygen atoms in total. The zero-order chi connectivity index (χ0) is 10.5. The first-order valence-corrected chi connectivity index (χ1v) is 5.75. The van der Waals surface area contributed by atoms with E-state index >= 15 is 0 Å². The Bertz CT molecular complexity index is 463. The van der Waals surface area contributed by atoms with Crippen molar-refractivity contribution in [3.63, 3.8) is 0 Å². The first kappa shape index (κ1) is 10.0. The minimum absolute atomic E-state index is 0.245. The van der Waals surface area contributed by atoms with Gasteiger partial charge in [-0.05, 0) is 5.56 Å². The van der Waals surface area contributed by atoms with Crippen LogP contribution in [0.3, 0.4) is 0 Å². The summed E-state index contributed by atoms with van der Waals surface area (Å²) < 4.78 is 0. The van der Waals surface area contributed by atoms with Crippen LogP contribution in [0.5, 0.6) is 0 Å². The Morgan fingerprint density at radius 2 is 2.00 bits per heavy atom. The predicted molar refractivity (Wildman–Crippen MR) is 60.6 cm³/mol. The average Bonchev–Trinajstić information content (AvgIpc) is 2.66. The van der Waals surface area contributed by atoms with Gasteiger partial charge >= 0.3 is 5.69 Å². The van der Waals surface area contributed by atoms with Crippen molar-refractivity contribution in [2.24, 2.45) is 0 Å². The molecule has 1 heterocycles. The van der Waals surface area contributed by atoms with Crippen LogP contribution in [0.25, 0.3) is 0 Å². The lowest BCUT2D eigenvalue weighted by atomic mass is 10.2. The number of aromatic amines is 2. The number of rotatable bonds is 4. The first-order chi connectivity index (χ1) is 7.34. The van der Waals surface area contributed by atoms with Gasteiger partial charge < -0.3 is 0 Å². The topological polar surface area (TPSA) is 61.5 Å². The summed E-state index contributed by atoms with van der Waals surface area (Å²) in [6.07, 6.45) is 0. The molecule has 2 rings (SSSR count). The normalized spacial score (nSPS) is 10.4. The molecule has 0 radical (unpaired) electrons. The molecule has 1 aromatic heterocycles. The van der Waals surface area contributed by atoms with E-state index in [9.17, 15) is 4.79 Å². The summed E-state index contributed by atoms with van der Waals surface area (Å²) in [5, 5.41) is 6.18. The van der Waals surface area contributed by atoms with Gasteiger partial charge in [0.25, 0.3) is 0 Å². The van der Waals surface area contributed by atoms with Crippen LogP contribution < -0.4 is 5.69 Å². The SMILES string of the molecule is O=c1[nH]nc(CSCc2ccccc2)[nH]1. The third-order valence-electron chi connectivity index (χ3n) is 1.90. The molecule has 0 atom stereocenters. The molecule has 78 valence electrons. The minimum atomic E-state index is -0.245. The van der Waals surface area contributed by atoms with Gasteiger partial charge in [-0.1, -0.05) is 30.3 Å². The van der Waals surface area contributed by atoms with Crippen molar-refractivity contribution in [3.8, 4) is 0 Å². The highest BCUT2D eigenvalue weighted by Gasteiger charge is 1.98. The van der Waals surface area contributed by atoms with Crippen molar-refractivity contribution in [1.82, 2.24) is 15.2 Å². The van der Waals surface area contributed by atoms with E-state index in [1.54, 1.807) is 11.8 Å². The van der Waals surface area contributed by atoms with E-state index in [0.717, 1.165) is 5.75 Å². The summed E-state index contributed by atoms with van der Waals surface area (Å²) in [7, 11) is 0. The summed E-state index contributed by atoms with van der Waals surface area (Å²) >= 11 is 1.72. The predicted octanol–water partition coefficient (Wildman–Crippen LogP) is 1.53. The third kappa shape index (κ3) is 2.99. The molecule has 15 heavy (non-hydrogen) atoms. The van der Waals surface area contributed by atoms with Crippen LogP contribution in [-0.2, 0) is 11.5 Å². The maximum Gasteiger partial charge on any atom is 0.340 e. The van der Waals surface area contributed by atoms with Crippen LogP contribution in [0, 0.1) is 0 Å². The zero-order valence-corrected chi connectivity index (χ0v) is 8.88. The smallest absolute Gasteiger partial charge is 0.292 e. The Balaban J connectivity index is 1.83. The Morgan fingerprint density at radius 1 is 1.20 bits per heavy atom. The average molecular weight is 221 g/mol. The third-order valence-corrected chi connectivity index (χ3v) is 2.92. The number of thioether (sulfide) groups is 1. The monoisotopic (exact) mass is 221 g/mol. The van der Waals surface area contributed by atoms with E-state index in [2.05, 4.69) is 27.3 Å². The highest BCUT2D eigenvalue weighted by molar-refractivity contribution is 7.97. The lowest BCUT2D eigenvalue weighted by molar-refractivity contribution is 1.01. The molecule has 2 aromatic rings. The number of aromatic nitrogens is 3. The van der Waals surface area contributed by atoms with Crippen molar-refractivity contribution >= 4 is 11.8 Å². The molecule has 0 fully saturated rings. The van der Waals surface area contributed by atoms with E-state index < -0.39 is 0 Å². The first-order valence-electron chi connectivity index (χ1n) is 4.60. The van der Waals surface area contributed by atoms with Crippen molar-refractivity contribution in [2.45, 2.75) is 11.5 Å². The second kappa shape index (κ2) is 4.84. The molecule has 2 N–H and O–H groups in total. The van der Waals surface area contributed by atoms with E-state index in [1.165, 1.54) is 5.56 Å². The molecule has 0 aliphatic rings. The summed E-state index contributed by atoms with van der Waals surface area (Å²) in [6.45, 7) is 0. The van der Waals surface area contributed by atoms with Crippen molar-refractivity contribution in [2.75, 3.05) is 0 Å². The van der Waals surface area contributed by atoms with Crippen LogP contribution >= 0.6 is 11.8 Å². The molecule has 0 saturated heterocycles. The van der Waals surface area contributed by atoms with Gasteiger partial charge in [-0.25, -0.2) is 9.89 Å². The van der Waals surface area contributed by atoms with E-state index in [1.807, 2.05) is 18.2 Å². The van der Waals surface area contributed by atoms with Crippen molar-refractivity contribution in [1.29, 1.82) is 0 Å². The molecule has 0 unspecified atom stereocenters. The molecule has 1 aromatic carbocycles. The van der Waals surface area contributed by atoms with Gasteiger partial charge in [-0.2, -0.15) is 5.10 Å². The molecule has 0 aliphatic carbocycles. The van der Waals surface area contributed by atoms with Crippen LogP contribution in [-0.4, -0.2) is 15.2 Å². The fourth-order valence-electron chi connectivity index (χ4n) is 1.21. The summed E-state index contributed by atoms with van der Waals surface area (Å²) in [6, 6.07) is 10.2. The molecule has 0 saturated carbocycles. The summed E-state index contributed by atoms with van der Waals surface area (Å²) in [5.41, 5.74) is 1.03. The summed E-state index contributed by atoms with van der Waals surface area (Å²) in [5.74, 6) is 2.34. The maximum atomic E-state index is 10.7. The maximum absolute atomic E-state index is 10.7. The second-order valence-corrected chi connectivity index (χ2v) is 4.09. The molecule has 0 aliphatic heterocycles. The minimum Gasteiger partial charge on any atom is -0.292 e. The van der Waals surface area contributed by atoms with Gasteiger partial charge in [0.2, 0.25) is 0 Å². The highest BCUT2D eigenvalue weighted by Crippen LogP contribution is 2.14. The van der Waals surface area contributed by atoms with Gasteiger partial charge in [0.15, 0.2) is 0 Å². The van der Waals surface area contributed by atoms with Crippen molar-refractivity contribution in [3.05, 3.63) is 52.2 Å². The number of nitrogens with one attached hydrogen (secondary N) is 2. The van der Waals surface area contributed by atoms with Crippen LogP contribution in [0.15, 0.2) is 35.1 Å². The number of hydrogen-bond acceptors (Lipinski definition) is 3. The van der Waals surface area contributed by atoms with Crippen LogP contribution in [0.2, 0.25) is 0 Å². The van der Waals surface area contributed by atoms with Gasteiger partial charge in [0.05, 0.1) is 5.75 Å². The quantitative estimate of drug-likeness (QED) is 0.823. The molecule has 0 amide bonds. The highest BCUT2D eigenvalue weighted by atomic mass is 32.2. The van der Waals surface area contributed by atoms with Gasteiger partial charge in [-0.15, -0.1) is 11.8 Å².